The maximum atomic E-state index is 5.70. The van der Waals surface area contributed by atoms with Gasteiger partial charge in [0.15, 0.2) is 0 Å². The minimum Gasteiger partial charge on any atom is -0.491 e. The topological polar surface area (TPSA) is 33.3 Å². The van der Waals surface area contributed by atoms with Crippen molar-refractivity contribution in [2.75, 3.05) is 20.1 Å². The van der Waals surface area contributed by atoms with Gasteiger partial charge in [-0.3, -0.25) is 0 Å². The summed E-state index contributed by atoms with van der Waals surface area (Å²) in [6, 6.07) is 9.01. The highest BCUT2D eigenvalue weighted by molar-refractivity contribution is 5.29. The Morgan fingerprint density at radius 3 is 2.32 bits per heavy atom. The number of rotatable bonds is 5. The molecule has 0 bridgehead atoms. The van der Waals surface area contributed by atoms with Gasteiger partial charge < -0.3 is 15.4 Å². The summed E-state index contributed by atoms with van der Waals surface area (Å²) >= 11 is 0. The molecule has 0 aromatic heterocycles. The van der Waals surface area contributed by atoms with Gasteiger partial charge in [-0.15, -0.1) is 0 Å². The largest absolute Gasteiger partial charge is 0.491 e. The Hall–Kier alpha value is -1.06. The highest BCUT2D eigenvalue weighted by atomic mass is 16.5. The molecule has 106 valence electrons. The van der Waals surface area contributed by atoms with E-state index in [-0.39, 0.29) is 6.10 Å². The number of hydrogen-bond acceptors (Lipinski definition) is 3. The zero-order chi connectivity index (χ0) is 13.7. The van der Waals surface area contributed by atoms with E-state index in [1.54, 1.807) is 0 Å². The van der Waals surface area contributed by atoms with Crippen molar-refractivity contribution in [1.29, 1.82) is 0 Å². The molecule has 0 amide bonds. The van der Waals surface area contributed by atoms with Crippen molar-refractivity contribution in [3.8, 4) is 5.75 Å². The lowest BCUT2D eigenvalue weighted by Crippen LogP contribution is -2.35. The standard InChI is InChI=1S/C16H26N2O/c1-12(2)19-15-6-4-13(5-7-15)16(17-3)14-8-10-18-11-9-14/h4-7,12,14,16-18H,8-11H2,1-3H3. The van der Waals surface area contributed by atoms with Crippen molar-refractivity contribution in [3.63, 3.8) is 0 Å². The summed E-state index contributed by atoms with van der Waals surface area (Å²) in [6.07, 6.45) is 2.72. The Morgan fingerprint density at radius 1 is 1.16 bits per heavy atom. The van der Waals surface area contributed by atoms with Crippen molar-refractivity contribution in [2.24, 2.45) is 5.92 Å². The first-order valence-corrected chi connectivity index (χ1v) is 7.35. The fraction of sp³-hybridized carbons (Fsp3) is 0.625. The molecule has 0 saturated carbocycles. The molecule has 1 aromatic rings. The van der Waals surface area contributed by atoms with Crippen LogP contribution >= 0.6 is 0 Å². The Morgan fingerprint density at radius 2 is 1.79 bits per heavy atom. The fourth-order valence-corrected chi connectivity index (χ4v) is 2.88. The average molecular weight is 262 g/mol. The quantitative estimate of drug-likeness (QED) is 0.856. The molecule has 2 N–H and O–H groups in total. The highest BCUT2D eigenvalue weighted by Crippen LogP contribution is 2.29. The van der Waals surface area contributed by atoms with E-state index >= 15 is 0 Å². The lowest BCUT2D eigenvalue weighted by atomic mass is 9.86. The van der Waals surface area contributed by atoms with Crippen LogP contribution in [0.1, 0.15) is 38.3 Å². The third kappa shape index (κ3) is 3.95. The summed E-state index contributed by atoms with van der Waals surface area (Å²) in [7, 11) is 2.06. The molecule has 0 aliphatic carbocycles. The van der Waals surface area contributed by atoms with Gasteiger partial charge in [0.25, 0.3) is 0 Å². The Kier molecular flexibility index (Phi) is 5.23. The predicted molar refractivity (Wildman–Crippen MR) is 79.6 cm³/mol. The summed E-state index contributed by atoms with van der Waals surface area (Å²) in [5.41, 5.74) is 1.37. The molecule has 1 aliphatic heterocycles. The van der Waals surface area contributed by atoms with E-state index in [0.717, 1.165) is 24.8 Å². The molecular formula is C16H26N2O. The van der Waals surface area contributed by atoms with E-state index in [1.807, 2.05) is 0 Å². The highest BCUT2D eigenvalue weighted by Gasteiger charge is 2.23. The van der Waals surface area contributed by atoms with Crippen LogP contribution in [0.2, 0.25) is 0 Å². The lowest BCUT2D eigenvalue weighted by molar-refractivity contribution is 0.242. The molecule has 19 heavy (non-hydrogen) atoms. The van der Waals surface area contributed by atoms with Gasteiger partial charge in [-0.2, -0.15) is 0 Å². The molecule has 3 nitrogen and oxygen atoms in total. The van der Waals surface area contributed by atoms with Crippen LogP contribution in [0, 0.1) is 5.92 Å². The zero-order valence-electron chi connectivity index (χ0n) is 12.3. The molecule has 1 aliphatic rings. The van der Waals surface area contributed by atoms with E-state index in [0.29, 0.717) is 6.04 Å². The van der Waals surface area contributed by atoms with Gasteiger partial charge in [0.05, 0.1) is 6.10 Å². The number of hydrogen-bond donors (Lipinski definition) is 2. The van der Waals surface area contributed by atoms with E-state index in [9.17, 15) is 0 Å². The third-order valence-corrected chi connectivity index (χ3v) is 3.78. The van der Waals surface area contributed by atoms with Gasteiger partial charge in [0, 0.05) is 6.04 Å². The van der Waals surface area contributed by atoms with E-state index in [1.165, 1.54) is 18.4 Å². The third-order valence-electron chi connectivity index (χ3n) is 3.78. The molecule has 0 spiro atoms. The van der Waals surface area contributed by atoms with Crippen molar-refractivity contribution in [3.05, 3.63) is 29.8 Å². The van der Waals surface area contributed by atoms with Gasteiger partial charge in [0.1, 0.15) is 5.75 Å². The van der Waals surface area contributed by atoms with Gasteiger partial charge in [-0.25, -0.2) is 0 Å². The maximum absolute atomic E-state index is 5.70. The number of ether oxygens (including phenoxy) is 1. The minimum atomic E-state index is 0.232. The second-order valence-corrected chi connectivity index (χ2v) is 5.59. The number of nitrogens with one attached hydrogen (secondary N) is 2. The molecule has 3 heteroatoms. The average Bonchev–Trinajstić information content (AvgIpc) is 2.42. The van der Waals surface area contributed by atoms with Crippen LogP contribution in [-0.4, -0.2) is 26.2 Å². The molecule has 1 unspecified atom stereocenters. The number of benzene rings is 1. The SMILES string of the molecule is CNC(c1ccc(OC(C)C)cc1)C1CCNCC1. The van der Waals surface area contributed by atoms with E-state index in [2.05, 4.69) is 55.8 Å². The van der Waals surface area contributed by atoms with Crippen LogP contribution in [0.3, 0.4) is 0 Å². The van der Waals surface area contributed by atoms with Crippen molar-refractivity contribution in [1.82, 2.24) is 10.6 Å². The molecule has 1 fully saturated rings. The second-order valence-electron chi connectivity index (χ2n) is 5.59. The summed E-state index contributed by atoms with van der Waals surface area (Å²) in [5, 5.41) is 6.91. The Bertz CT molecular complexity index is 369. The first-order chi connectivity index (χ1) is 9.20. The van der Waals surface area contributed by atoms with Crippen LogP contribution in [0.15, 0.2) is 24.3 Å². The van der Waals surface area contributed by atoms with E-state index < -0.39 is 0 Å². The molecular weight excluding hydrogens is 236 g/mol. The van der Waals surface area contributed by atoms with E-state index in [4.69, 9.17) is 4.74 Å². The summed E-state index contributed by atoms with van der Waals surface area (Å²) in [4.78, 5) is 0. The summed E-state index contributed by atoms with van der Waals surface area (Å²) in [6.45, 7) is 6.38. The molecule has 0 radical (unpaired) electrons. The molecule has 1 aromatic carbocycles. The predicted octanol–water partition coefficient (Wildman–Crippen LogP) is 2.73. The fourth-order valence-electron chi connectivity index (χ4n) is 2.88. The normalized spacial score (nSPS) is 18.5. The van der Waals surface area contributed by atoms with Crippen LogP contribution in [0.25, 0.3) is 0 Å². The minimum absolute atomic E-state index is 0.232. The molecule has 1 atom stereocenters. The second kappa shape index (κ2) is 6.92. The zero-order valence-corrected chi connectivity index (χ0v) is 12.3. The van der Waals surface area contributed by atoms with Gasteiger partial charge in [-0.05, 0) is 70.4 Å². The number of piperidine rings is 1. The van der Waals surface area contributed by atoms with Gasteiger partial charge in [-0.1, -0.05) is 12.1 Å². The van der Waals surface area contributed by atoms with Crippen molar-refractivity contribution in [2.45, 2.75) is 38.8 Å². The summed E-state index contributed by atoms with van der Waals surface area (Å²) < 4.78 is 5.70. The lowest BCUT2D eigenvalue weighted by Gasteiger charge is -2.31. The van der Waals surface area contributed by atoms with Crippen LogP contribution < -0.4 is 15.4 Å². The van der Waals surface area contributed by atoms with Gasteiger partial charge in [0.2, 0.25) is 0 Å². The van der Waals surface area contributed by atoms with Crippen molar-refractivity contribution < 1.29 is 4.74 Å². The molecule has 1 saturated heterocycles. The molecule has 2 rings (SSSR count). The smallest absolute Gasteiger partial charge is 0.119 e. The van der Waals surface area contributed by atoms with Crippen LogP contribution in [-0.2, 0) is 0 Å². The Balaban J connectivity index is 2.05. The summed E-state index contributed by atoms with van der Waals surface area (Å²) in [5.74, 6) is 1.68. The first kappa shape index (κ1) is 14.4. The molecule has 1 heterocycles. The van der Waals surface area contributed by atoms with Gasteiger partial charge >= 0.3 is 0 Å². The van der Waals surface area contributed by atoms with Crippen LogP contribution in [0.4, 0.5) is 0 Å². The Labute approximate surface area is 116 Å². The van der Waals surface area contributed by atoms with Crippen LogP contribution in [0.5, 0.6) is 5.75 Å². The van der Waals surface area contributed by atoms with Crippen molar-refractivity contribution >= 4 is 0 Å². The maximum Gasteiger partial charge on any atom is 0.119 e. The first-order valence-electron chi connectivity index (χ1n) is 7.35. The monoisotopic (exact) mass is 262 g/mol.